The average molecular weight is 370 g/mol. The van der Waals surface area contributed by atoms with Crippen molar-refractivity contribution in [2.24, 2.45) is 0 Å². The first kappa shape index (κ1) is 17.9. The number of amides is 1. The lowest BCUT2D eigenvalue weighted by Crippen LogP contribution is -2.14. The summed E-state index contributed by atoms with van der Waals surface area (Å²) in [5.41, 5.74) is 3.00. The molecule has 0 bridgehead atoms. The van der Waals surface area contributed by atoms with Crippen LogP contribution in [0.3, 0.4) is 0 Å². The van der Waals surface area contributed by atoms with Gasteiger partial charge in [0.25, 0.3) is 5.91 Å². The minimum atomic E-state index is -0.348. The molecule has 3 rings (SSSR count). The second-order valence-corrected chi connectivity index (χ2v) is 6.20. The van der Waals surface area contributed by atoms with Crippen molar-refractivity contribution in [3.63, 3.8) is 0 Å². The summed E-state index contributed by atoms with van der Waals surface area (Å²) in [6, 6.07) is 15.2. The molecule has 0 radical (unpaired) electrons. The Morgan fingerprint density at radius 1 is 1.12 bits per heavy atom. The van der Waals surface area contributed by atoms with Crippen LogP contribution in [0.1, 0.15) is 21.6 Å². The van der Waals surface area contributed by atoms with Crippen LogP contribution in [-0.2, 0) is 6.54 Å². The molecule has 26 heavy (non-hydrogen) atoms. The van der Waals surface area contributed by atoms with Crippen molar-refractivity contribution < 1.29 is 9.18 Å². The molecule has 0 aliphatic carbocycles. The first-order valence-electron chi connectivity index (χ1n) is 8.04. The van der Waals surface area contributed by atoms with E-state index in [1.807, 2.05) is 13.0 Å². The fraction of sp³-hybridized carbons (Fsp3) is 0.100. The van der Waals surface area contributed by atoms with Crippen molar-refractivity contribution in [3.05, 3.63) is 88.5 Å². The number of hydrogen-bond acceptors (Lipinski definition) is 3. The molecule has 4 nitrogen and oxygen atoms in total. The Balaban J connectivity index is 1.69. The lowest BCUT2D eigenvalue weighted by Gasteiger charge is -2.10. The van der Waals surface area contributed by atoms with Crippen LogP contribution < -0.4 is 10.6 Å². The highest BCUT2D eigenvalue weighted by molar-refractivity contribution is 6.31. The van der Waals surface area contributed by atoms with Crippen LogP contribution >= 0.6 is 11.6 Å². The van der Waals surface area contributed by atoms with Gasteiger partial charge >= 0.3 is 0 Å². The summed E-state index contributed by atoms with van der Waals surface area (Å²) in [7, 11) is 0. The van der Waals surface area contributed by atoms with Crippen LogP contribution in [0, 0.1) is 12.7 Å². The predicted octanol–water partition coefficient (Wildman–Crippen LogP) is 5.05. The van der Waals surface area contributed by atoms with Crippen molar-refractivity contribution in [2.75, 3.05) is 10.6 Å². The second-order valence-electron chi connectivity index (χ2n) is 5.79. The van der Waals surface area contributed by atoms with Gasteiger partial charge in [-0.1, -0.05) is 35.9 Å². The van der Waals surface area contributed by atoms with Crippen molar-refractivity contribution in [1.82, 2.24) is 4.98 Å². The third kappa shape index (κ3) is 4.37. The van der Waals surface area contributed by atoms with E-state index in [2.05, 4.69) is 15.6 Å². The summed E-state index contributed by atoms with van der Waals surface area (Å²) < 4.78 is 13.7. The van der Waals surface area contributed by atoms with Gasteiger partial charge in [-0.15, -0.1) is 0 Å². The molecule has 1 aromatic heterocycles. The minimum absolute atomic E-state index is 0.250. The molecule has 3 aromatic rings. The molecule has 1 amide bonds. The van der Waals surface area contributed by atoms with E-state index < -0.39 is 0 Å². The molecule has 0 saturated heterocycles. The number of aromatic nitrogens is 1. The molecular weight excluding hydrogens is 353 g/mol. The van der Waals surface area contributed by atoms with E-state index in [1.165, 1.54) is 12.3 Å². The number of anilines is 2. The van der Waals surface area contributed by atoms with Crippen molar-refractivity contribution in [2.45, 2.75) is 13.5 Å². The molecule has 0 saturated carbocycles. The maximum Gasteiger partial charge on any atom is 0.274 e. The Bertz CT molecular complexity index is 946. The van der Waals surface area contributed by atoms with E-state index in [-0.39, 0.29) is 17.4 Å². The Labute approximate surface area is 156 Å². The molecule has 0 aliphatic heterocycles. The molecule has 0 spiro atoms. The topological polar surface area (TPSA) is 54.0 Å². The predicted molar refractivity (Wildman–Crippen MR) is 102 cm³/mol. The van der Waals surface area contributed by atoms with Gasteiger partial charge in [0.2, 0.25) is 0 Å². The third-order valence-electron chi connectivity index (χ3n) is 3.86. The van der Waals surface area contributed by atoms with E-state index in [1.54, 1.807) is 42.5 Å². The van der Waals surface area contributed by atoms with Crippen molar-refractivity contribution in [3.8, 4) is 0 Å². The monoisotopic (exact) mass is 369 g/mol. The summed E-state index contributed by atoms with van der Waals surface area (Å²) >= 11 is 6.07. The molecule has 132 valence electrons. The highest BCUT2D eigenvalue weighted by Crippen LogP contribution is 2.20. The molecule has 2 aromatic carbocycles. The third-order valence-corrected chi connectivity index (χ3v) is 4.27. The molecule has 0 atom stereocenters. The number of hydrogen-bond donors (Lipinski definition) is 2. The first-order chi connectivity index (χ1) is 12.5. The maximum absolute atomic E-state index is 13.7. The summed E-state index contributed by atoms with van der Waals surface area (Å²) in [5.74, 6) is -0.622. The highest BCUT2D eigenvalue weighted by atomic mass is 35.5. The smallest absolute Gasteiger partial charge is 0.274 e. The van der Waals surface area contributed by atoms with Crippen LogP contribution in [0.4, 0.5) is 15.8 Å². The highest BCUT2D eigenvalue weighted by Gasteiger charge is 2.10. The number of benzene rings is 2. The van der Waals surface area contributed by atoms with E-state index in [0.717, 1.165) is 5.56 Å². The standard InChI is InChI=1S/C20H17ClFN3O/c1-13-6-7-16(10-17(13)21)25-20(26)19-11-15(8-9-23-19)24-12-14-4-2-3-5-18(14)22/h2-11H,12H2,1H3,(H,23,24)(H,25,26). The molecule has 0 fully saturated rings. The van der Waals surface area contributed by atoms with Crippen molar-refractivity contribution >= 4 is 28.9 Å². The molecule has 0 unspecified atom stereocenters. The Hall–Kier alpha value is -2.92. The summed E-state index contributed by atoms with van der Waals surface area (Å²) in [6.07, 6.45) is 1.53. The number of pyridine rings is 1. The molecular formula is C20H17ClFN3O. The minimum Gasteiger partial charge on any atom is -0.381 e. The van der Waals surface area contributed by atoms with Crippen LogP contribution in [0.15, 0.2) is 60.8 Å². The number of halogens is 2. The summed E-state index contributed by atoms with van der Waals surface area (Å²) in [4.78, 5) is 16.5. The number of carbonyl (C=O) groups is 1. The van der Waals surface area contributed by atoms with Crippen LogP contribution in [0.25, 0.3) is 0 Å². The Morgan fingerprint density at radius 3 is 2.69 bits per heavy atom. The number of carbonyl (C=O) groups excluding carboxylic acids is 1. The van der Waals surface area contributed by atoms with Crippen LogP contribution in [-0.4, -0.2) is 10.9 Å². The van der Waals surface area contributed by atoms with Gasteiger partial charge in [-0.25, -0.2) is 4.39 Å². The van der Waals surface area contributed by atoms with Gasteiger partial charge in [0.15, 0.2) is 0 Å². The van der Waals surface area contributed by atoms with Crippen molar-refractivity contribution in [1.29, 1.82) is 0 Å². The van der Waals surface area contributed by atoms with Gasteiger partial charge in [-0.05, 0) is 42.8 Å². The molecule has 0 aliphatic rings. The number of nitrogens with zero attached hydrogens (tertiary/aromatic N) is 1. The SMILES string of the molecule is Cc1ccc(NC(=O)c2cc(NCc3ccccc3F)ccn2)cc1Cl. The van der Waals surface area contributed by atoms with Gasteiger partial charge in [-0.3, -0.25) is 9.78 Å². The fourth-order valence-corrected chi connectivity index (χ4v) is 2.55. The lowest BCUT2D eigenvalue weighted by molar-refractivity contribution is 0.102. The zero-order valence-corrected chi connectivity index (χ0v) is 14.8. The zero-order chi connectivity index (χ0) is 18.5. The fourth-order valence-electron chi connectivity index (χ4n) is 2.37. The van der Waals surface area contributed by atoms with Gasteiger partial charge in [0, 0.05) is 34.7 Å². The zero-order valence-electron chi connectivity index (χ0n) is 14.1. The van der Waals surface area contributed by atoms with Gasteiger partial charge in [0.05, 0.1) is 0 Å². The summed E-state index contributed by atoms with van der Waals surface area (Å²) in [6.45, 7) is 2.20. The maximum atomic E-state index is 13.7. The molecule has 2 N–H and O–H groups in total. The number of rotatable bonds is 5. The van der Waals surface area contributed by atoms with E-state index in [4.69, 9.17) is 11.6 Å². The Kier molecular flexibility index (Phi) is 5.49. The van der Waals surface area contributed by atoms with E-state index >= 15 is 0 Å². The second kappa shape index (κ2) is 7.97. The quantitative estimate of drug-likeness (QED) is 0.662. The molecule has 6 heteroatoms. The number of aryl methyl sites for hydroxylation is 1. The first-order valence-corrected chi connectivity index (χ1v) is 8.41. The summed E-state index contributed by atoms with van der Waals surface area (Å²) in [5, 5.41) is 6.44. The van der Waals surface area contributed by atoms with E-state index in [9.17, 15) is 9.18 Å². The largest absolute Gasteiger partial charge is 0.381 e. The van der Waals surface area contributed by atoms with Crippen LogP contribution in [0.5, 0.6) is 0 Å². The van der Waals surface area contributed by atoms with Gasteiger partial charge < -0.3 is 10.6 Å². The lowest BCUT2D eigenvalue weighted by atomic mass is 10.2. The van der Waals surface area contributed by atoms with Gasteiger partial charge in [-0.2, -0.15) is 0 Å². The molecule has 1 heterocycles. The van der Waals surface area contributed by atoms with Gasteiger partial charge in [0.1, 0.15) is 11.5 Å². The normalized spacial score (nSPS) is 10.4. The van der Waals surface area contributed by atoms with E-state index in [0.29, 0.717) is 28.5 Å². The average Bonchev–Trinajstić information content (AvgIpc) is 2.64. The van der Waals surface area contributed by atoms with Crippen LogP contribution in [0.2, 0.25) is 5.02 Å². The number of nitrogens with one attached hydrogen (secondary N) is 2. The Morgan fingerprint density at radius 2 is 1.92 bits per heavy atom.